The van der Waals surface area contributed by atoms with E-state index in [1.807, 2.05) is 55.4 Å². The van der Waals surface area contributed by atoms with Crippen LogP contribution in [0.25, 0.3) is 0 Å². The van der Waals surface area contributed by atoms with Gasteiger partial charge in [-0.3, -0.25) is 29.2 Å². The predicted molar refractivity (Wildman–Crippen MR) is 170 cm³/mol. The van der Waals surface area contributed by atoms with Crippen LogP contribution >= 0.6 is 0 Å². The highest BCUT2D eigenvalue weighted by molar-refractivity contribution is 6.07. The Morgan fingerprint density at radius 2 is 0.891 bits per heavy atom. The summed E-state index contributed by atoms with van der Waals surface area (Å²) in [6, 6.07) is -0.765. The number of aliphatic hydroxyl groups excluding tert-OH is 2. The number of hydrogen-bond donors (Lipinski definition) is 4. The summed E-state index contributed by atoms with van der Waals surface area (Å²) in [5.41, 5.74) is -3.83. The summed E-state index contributed by atoms with van der Waals surface area (Å²) in [5, 5.41) is 27.6. The molecule has 4 aliphatic rings. The van der Waals surface area contributed by atoms with Crippen LogP contribution in [0.1, 0.15) is 81.1 Å². The lowest BCUT2D eigenvalue weighted by Gasteiger charge is -2.58. The van der Waals surface area contributed by atoms with E-state index in [-0.39, 0.29) is 50.3 Å². The molecule has 4 rings (SSSR count). The van der Waals surface area contributed by atoms with Gasteiger partial charge in [-0.05, 0) is 81.1 Å². The number of rotatable bonds is 11. The number of nitrogens with one attached hydrogen (secondary N) is 2. The zero-order valence-corrected chi connectivity index (χ0v) is 29.4. The van der Waals surface area contributed by atoms with Crippen LogP contribution in [0.4, 0.5) is 9.59 Å². The van der Waals surface area contributed by atoms with Crippen molar-refractivity contribution >= 4 is 23.9 Å². The topological polar surface area (TPSA) is 164 Å². The molecule has 262 valence electrons. The van der Waals surface area contributed by atoms with E-state index >= 15 is 0 Å². The Labute approximate surface area is 273 Å². The summed E-state index contributed by atoms with van der Waals surface area (Å²) >= 11 is 0. The number of imide groups is 2. The van der Waals surface area contributed by atoms with Crippen LogP contribution in [0, 0.1) is 0 Å². The normalized spacial score (nSPS) is 27.7. The summed E-state index contributed by atoms with van der Waals surface area (Å²) in [6.07, 6.45) is 0.166. The third-order valence-electron chi connectivity index (χ3n) is 10.4. The van der Waals surface area contributed by atoms with E-state index in [9.17, 15) is 29.4 Å². The molecule has 0 aliphatic carbocycles. The van der Waals surface area contributed by atoms with Crippen molar-refractivity contribution in [2.24, 2.45) is 0 Å². The molecule has 0 bridgehead atoms. The van der Waals surface area contributed by atoms with Crippen molar-refractivity contribution in [1.29, 1.82) is 0 Å². The van der Waals surface area contributed by atoms with E-state index < -0.39 is 45.4 Å². The molecular formula is C32H56N6O8. The van der Waals surface area contributed by atoms with Crippen LogP contribution in [0.2, 0.25) is 0 Å². The first-order chi connectivity index (χ1) is 21.0. The molecule has 2 unspecified atom stereocenters. The Balaban J connectivity index is 1.20. The van der Waals surface area contributed by atoms with Gasteiger partial charge in [-0.15, -0.1) is 0 Å². The monoisotopic (exact) mass is 652 g/mol. The number of nitrogens with zero attached hydrogens (tertiary/aromatic N) is 4. The minimum atomic E-state index is -0.954. The van der Waals surface area contributed by atoms with Gasteiger partial charge in [0.1, 0.15) is 11.1 Å². The highest BCUT2D eigenvalue weighted by Gasteiger charge is 2.62. The predicted octanol–water partition coefficient (Wildman–Crippen LogP) is 0.888. The Bertz CT molecular complexity index is 1090. The maximum absolute atomic E-state index is 13.0. The molecule has 0 aromatic heterocycles. The third-order valence-corrected chi connectivity index (χ3v) is 10.4. The second-order valence-corrected chi connectivity index (χ2v) is 16.4. The Kier molecular flexibility index (Phi) is 9.73. The fraction of sp³-hybridized carbons (Fsp3) is 0.875. The lowest BCUT2D eigenvalue weighted by atomic mass is 9.68. The summed E-state index contributed by atoms with van der Waals surface area (Å²) in [7, 11) is 2.99. The first kappa shape index (κ1) is 36.5. The summed E-state index contributed by atoms with van der Waals surface area (Å²) < 4.78 is 11.4. The van der Waals surface area contributed by atoms with Gasteiger partial charge in [-0.1, -0.05) is 0 Å². The molecule has 14 heteroatoms. The fourth-order valence-electron chi connectivity index (χ4n) is 9.16. The van der Waals surface area contributed by atoms with Crippen molar-refractivity contribution in [1.82, 2.24) is 30.2 Å². The van der Waals surface area contributed by atoms with Gasteiger partial charge in [0.2, 0.25) is 0 Å². The first-order valence-electron chi connectivity index (χ1n) is 16.3. The number of likely N-dealkylation sites (tertiary alicyclic amines) is 2. The number of likely N-dealkylation sites (N-methyl/N-ethyl adjacent to an activating group) is 2. The lowest BCUT2D eigenvalue weighted by molar-refractivity contribution is -0.143. The average molecular weight is 653 g/mol. The van der Waals surface area contributed by atoms with Crippen molar-refractivity contribution in [3.05, 3.63) is 0 Å². The number of ether oxygens (including phenoxy) is 2. The van der Waals surface area contributed by atoms with Gasteiger partial charge in [0.25, 0.3) is 11.8 Å². The molecule has 6 amide bonds. The van der Waals surface area contributed by atoms with E-state index in [2.05, 4.69) is 20.4 Å². The number of carbonyl (C=O) groups is 4. The van der Waals surface area contributed by atoms with Crippen LogP contribution in [-0.2, 0) is 19.1 Å². The van der Waals surface area contributed by atoms with Gasteiger partial charge >= 0.3 is 12.1 Å². The second-order valence-electron chi connectivity index (χ2n) is 16.4. The van der Waals surface area contributed by atoms with Crippen LogP contribution in [0.5, 0.6) is 0 Å². The van der Waals surface area contributed by atoms with Gasteiger partial charge < -0.3 is 30.3 Å². The number of hydrogen-bond acceptors (Lipinski definition) is 10. The fourth-order valence-corrected chi connectivity index (χ4v) is 9.16. The van der Waals surface area contributed by atoms with Crippen molar-refractivity contribution in [2.45, 2.75) is 127 Å². The zero-order valence-electron chi connectivity index (χ0n) is 29.4. The largest absolute Gasteiger partial charge is 0.389 e. The lowest BCUT2D eigenvalue weighted by Crippen LogP contribution is -2.70. The Hall–Kier alpha value is -2.36. The molecule has 4 N–H and O–H groups in total. The van der Waals surface area contributed by atoms with Crippen LogP contribution in [0.3, 0.4) is 0 Å². The minimum Gasteiger partial charge on any atom is -0.389 e. The van der Waals surface area contributed by atoms with E-state index in [0.717, 1.165) is 9.80 Å². The third kappa shape index (κ3) is 6.79. The second kappa shape index (κ2) is 12.3. The summed E-state index contributed by atoms with van der Waals surface area (Å²) in [6.45, 7) is 17.5. The number of β-amino-alcohol motifs (C(OH)–C–C–N with tert-alkyl or cyclic N) is 2. The minimum absolute atomic E-state index is 0.0977. The molecule has 0 saturated carbocycles. The van der Waals surface area contributed by atoms with Crippen LogP contribution in [0.15, 0.2) is 0 Å². The molecule has 0 aromatic carbocycles. The van der Waals surface area contributed by atoms with Gasteiger partial charge in [0.05, 0.1) is 38.6 Å². The average Bonchev–Trinajstić information content (AvgIpc) is 3.22. The van der Waals surface area contributed by atoms with Crippen molar-refractivity contribution in [3.8, 4) is 0 Å². The van der Waals surface area contributed by atoms with E-state index in [1.165, 1.54) is 14.1 Å². The molecule has 0 radical (unpaired) electrons. The van der Waals surface area contributed by atoms with E-state index in [0.29, 0.717) is 38.8 Å². The first-order valence-corrected chi connectivity index (χ1v) is 16.3. The molecule has 4 heterocycles. The summed E-state index contributed by atoms with van der Waals surface area (Å²) in [4.78, 5) is 57.2. The molecule has 46 heavy (non-hydrogen) atoms. The van der Waals surface area contributed by atoms with Crippen molar-refractivity contribution in [2.75, 3.05) is 53.6 Å². The molecule has 2 spiro atoms. The highest BCUT2D eigenvalue weighted by atomic mass is 16.5. The number of amides is 6. The maximum atomic E-state index is 13.0. The van der Waals surface area contributed by atoms with Gasteiger partial charge in [-0.2, -0.15) is 0 Å². The van der Waals surface area contributed by atoms with Crippen LogP contribution < -0.4 is 10.6 Å². The maximum Gasteiger partial charge on any atom is 0.324 e. The van der Waals surface area contributed by atoms with E-state index in [1.54, 1.807) is 0 Å². The highest BCUT2D eigenvalue weighted by Crippen LogP contribution is 2.47. The van der Waals surface area contributed by atoms with Crippen LogP contribution in [-0.4, -0.2) is 153 Å². The van der Waals surface area contributed by atoms with Gasteiger partial charge in [0.15, 0.2) is 0 Å². The molecular weight excluding hydrogens is 596 g/mol. The Morgan fingerprint density at radius 1 is 0.609 bits per heavy atom. The molecule has 0 aromatic rings. The zero-order chi connectivity index (χ0) is 34.7. The number of urea groups is 2. The molecule has 4 aliphatic heterocycles. The summed E-state index contributed by atoms with van der Waals surface area (Å²) in [5.74, 6) is -0.430. The molecule has 4 saturated heterocycles. The number of piperidine rings is 2. The number of aliphatic hydroxyl groups is 2. The molecule has 4 fully saturated rings. The molecule has 14 nitrogen and oxygen atoms in total. The van der Waals surface area contributed by atoms with Crippen molar-refractivity contribution < 1.29 is 38.9 Å². The van der Waals surface area contributed by atoms with Gasteiger partial charge in [-0.25, -0.2) is 9.59 Å². The quantitative estimate of drug-likeness (QED) is 0.186. The SMILES string of the molecule is CN1C(=O)NC2(CC(C)(C)N(CC(O)COCCOCC(O)CN3C(C)(C)CC4(CC3(C)C)NC(=O)N(C)C4=O)C(C)(C)C2)C1=O. The van der Waals surface area contributed by atoms with Gasteiger partial charge in [0, 0.05) is 49.3 Å². The van der Waals surface area contributed by atoms with Crippen molar-refractivity contribution in [3.63, 3.8) is 0 Å². The van der Waals surface area contributed by atoms with E-state index in [4.69, 9.17) is 9.47 Å². The number of carbonyl (C=O) groups excluding carboxylic acids is 4. The molecule has 2 atom stereocenters. The smallest absolute Gasteiger partial charge is 0.324 e. The Morgan fingerprint density at radius 3 is 1.13 bits per heavy atom. The standard InChI is InChI=1S/C32H56N6O8/c1-27(2)17-31(23(41)35(9)25(43)33-31)18-28(3,4)37(27)13-21(39)15-45-11-12-46-16-22(40)14-38-29(5,6)19-32(20-30(38,7)8)24(42)36(10)26(44)34-32/h21-22,39-40H,11-20H2,1-10H3,(H,33,43)(H,34,44).